The first kappa shape index (κ1) is 18.9. The molecule has 9 heteroatoms. The number of rotatable bonds is 5. The molecule has 2 N–H and O–H groups in total. The molecule has 0 spiro atoms. The van der Waals surface area contributed by atoms with E-state index in [0.29, 0.717) is 27.6 Å². The number of esters is 1. The number of ether oxygens (including phenoxy) is 1. The third kappa shape index (κ3) is 3.99. The number of hydrogen-bond donors (Lipinski definition) is 2. The number of hydrogen-bond acceptors (Lipinski definition) is 7. The number of fused-ring (bicyclic) bond motifs is 2. The number of aromatic amines is 1. The van der Waals surface area contributed by atoms with Crippen LogP contribution in [-0.2, 0) is 9.53 Å². The Bertz CT molecular complexity index is 1380. The molecular weight excluding hydrogens is 414 g/mol. The molecule has 5 rings (SSSR count). The van der Waals surface area contributed by atoms with Gasteiger partial charge in [-0.3, -0.25) is 15.1 Å². The van der Waals surface area contributed by atoms with Crippen LogP contribution in [0.3, 0.4) is 0 Å². The largest absolute Gasteiger partial charge is 0.452 e. The van der Waals surface area contributed by atoms with Crippen LogP contribution in [0.2, 0.25) is 0 Å². The second-order valence-electron chi connectivity index (χ2n) is 6.67. The molecule has 1 amide bonds. The van der Waals surface area contributed by atoms with Crippen molar-refractivity contribution in [3.05, 3.63) is 72.6 Å². The molecule has 3 heterocycles. The third-order valence-electron chi connectivity index (χ3n) is 4.53. The Morgan fingerprint density at radius 2 is 1.94 bits per heavy atom. The average Bonchev–Trinajstić information content (AvgIpc) is 3.41. The van der Waals surface area contributed by atoms with Gasteiger partial charge in [0, 0.05) is 18.0 Å². The quantitative estimate of drug-likeness (QED) is 0.408. The van der Waals surface area contributed by atoms with Crippen LogP contribution in [-0.4, -0.2) is 38.4 Å². The molecule has 5 aromatic rings. The standard InChI is InChI=1S/C22H15N5O3S/c28-19(27-22-26-16-5-1-2-6-18(16)31-22)12-30-21(29)13-7-8-15-17(10-13)25-20(24-15)14-4-3-9-23-11-14/h1-11H,12H2,(H,24,25)(H,26,27,28). The molecule has 0 bridgehead atoms. The van der Waals surface area contributed by atoms with Crippen molar-refractivity contribution < 1.29 is 14.3 Å². The molecule has 31 heavy (non-hydrogen) atoms. The Morgan fingerprint density at radius 1 is 1.03 bits per heavy atom. The van der Waals surface area contributed by atoms with E-state index >= 15 is 0 Å². The van der Waals surface area contributed by atoms with Crippen molar-refractivity contribution in [1.29, 1.82) is 0 Å². The van der Waals surface area contributed by atoms with E-state index in [-0.39, 0.29) is 0 Å². The van der Waals surface area contributed by atoms with Crippen molar-refractivity contribution in [3.63, 3.8) is 0 Å². The van der Waals surface area contributed by atoms with Crippen LogP contribution in [0.5, 0.6) is 0 Å². The summed E-state index contributed by atoms with van der Waals surface area (Å²) >= 11 is 1.36. The van der Waals surface area contributed by atoms with Crippen LogP contribution in [0, 0.1) is 0 Å². The van der Waals surface area contributed by atoms with Crippen molar-refractivity contribution in [1.82, 2.24) is 19.9 Å². The van der Waals surface area contributed by atoms with Gasteiger partial charge in [-0.2, -0.15) is 0 Å². The molecule has 0 unspecified atom stereocenters. The first-order chi connectivity index (χ1) is 15.2. The van der Waals surface area contributed by atoms with Crippen molar-refractivity contribution >= 4 is 49.6 Å². The molecule has 0 atom stereocenters. The molecule has 3 aromatic heterocycles. The Balaban J connectivity index is 1.24. The maximum Gasteiger partial charge on any atom is 0.338 e. The van der Waals surface area contributed by atoms with E-state index in [2.05, 4.69) is 25.3 Å². The van der Waals surface area contributed by atoms with E-state index in [1.165, 1.54) is 11.3 Å². The molecule has 0 fully saturated rings. The summed E-state index contributed by atoms with van der Waals surface area (Å²) in [5.74, 6) is -0.392. The van der Waals surface area contributed by atoms with Gasteiger partial charge >= 0.3 is 5.97 Å². The minimum absolute atomic E-state index is 0.321. The highest BCUT2D eigenvalue weighted by Crippen LogP contribution is 2.25. The first-order valence-electron chi connectivity index (χ1n) is 9.38. The van der Waals surface area contributed by atoms with Gasteiger partial charge in [0.15, 0.2) is 11.7 Å². The van der Waals surface area contributed by atoms with Crippen LogP contribution < -0.4 is 5.32 Å². The summed E-state index contributed by atoms with van der Waals surface area (Å²) in [6, 6.07) is 16.3. The predicted molar refractivity (Wildman–Crippen MR) is 118 cm³/mol. The maximum absolute atomic E-state index is 12.4. The summed E-state index contributed by atoms with van der Waals surface area (Å²) in [6.07, 6.45) is 3.39. The van der Waals surface area contributed by atoms with E-state index in [1.54, 1.807) is 30.6 Å². The summed E-state index contributed by atoms with van der Waals surface area (Å²) in [5, 5.41) is 3.12. The van der Waals surface area contributed by atoms with Gasteiger partial charge in [-0.1, -0.05) is 23.5 Å². The third-order valence-corrected chi connectivity index (χ3v) is 5.48. The highest BCUT2D eigenvalue weighted by molar-refractivity contribution is 7.22. The average molecular weight is 429 g/mol. The van der Waals surface area contributed by atoms with Crippen molar-refractivity contribution in [2.45, 2.75) is 0 Å². The lowest BCUT2D eigenvalue weighted by Crippen LogP contribution is -2.20. The van der Waals surface area contributed by atoms with Crippen LogP contribution in [0.15, 0.2) is 67.0 Å². The molecule has 0 aliphatic rings. The number of aromatic nitrogens is 4. The number of pyridine rings is 1. The Kier molecular flexibility index (Phi) is 4.85. The topological polar surface area (TPSA) is 110 Å². The summed E-state index contributed by atoms with van der Waals surface area (Å²) in [4.78, 5) is 40.6. The number of anilines is 1. The number of carbonyl (C=O) groups excluding carboxylic acids is 2. The maximum atomic E-state index is 12.4. The van der Waals surface area contributed by atoms with Gasteiger partial charge in [-0.05, 0) is 42.5 Å². The van der Waals surface area contributed by atoms with Crippen LogP contribution in [0.25, 0.3) is 32.6 Å². The van der Waals surface area contributed by atoms with Gasteiger partial charge in [-0.25, -0.2) is 14.8 Å². The molecule has 0 radical (unpaired) electrons. The Morgan fingerprint density at radius 3 is 2.77 bits per heavy atom. The SMILES string of the molecule is O=C(COC(=O)c1ccc2nc(-c3cccnc3)[nH]c2c1)Nc1nc2ccccc2s1. The molecular formula is C22H15N5O3S. The lowest BCUT2D eigenvalue weighted by molar-refractivity contribution is -0.119. The monoisotopic (exact) mass is 429 g/mol. The van der Waals surface area contributed by atoms with Crippen molar-refractivity contribution in [2.75, 3.05) is 11.9 Å². The normalized spacial score (nSPS) is 11.0. The van der Waals surface area contributed by atoms with Crippen LogP contribution in [0.1, 0.15) is 10.4 Å². The highest BCUT2D eigenvalue weighted by Gasteiger charge is 2.14. The lowest BCUT2D eigenvalue weighted by atomic mass is 10.2. The Hall–Kier alpha value is -4.11. The van der Waals surface area contributed by atoms with E-state index in [1.807, 2.05) is 36.4 Å². The van der Waals surface area contributed by atoms with Gasteiger partial charge in [0.1, 0.15) is 5.82 Å². The molecule has 2 aromatic carbocycles. The molecule has 8 nitrogen and oxygen atoms in total. The predicted octanol–water partition coefficient (Wildman–Crippen LogP) is 4.03. The second-order valence-corrected chi connectivity index (χ2v) is 7.70. The number of benzene rings is 2. The van der Waals surface area contributed by atoms with Gasteiger partial charge in [-0.15, -0.1) is 0 Å². The number of nitrogens with zero attached hydrogens (tertiary/aromatic N) is 3. The van der Waals surface area contributed by atoms with Crippen molar-refractivity contribution in [2.24, 2.45) is 0 Å². The fourth-order valence-electron chi connectivity index (χ4n) is 3.07. The fraction of sp³-hybridized carbons (Fsp3) is 0.0455. The van der Waals surface area contributed by atoms with E-state index in [9.17, 15) is 9.59 Å². The summed E-state index contributed by atoms with van der Waals surface area (Å²) in [6.45, 7) is -0.406. The number of carbonyl (C=O) groups is 2. The van der Waals surface area contributed by atoms with Gasteiger partial charge in [0.05, 0.1) is 26.8 Å². The fourth-order valence-corrected chi connectivity index (χ4v) is 3.95. The smallest absolute Gasteiger partial charge is 0.338 e. The number of para-hydroxylation sites is 1. The van der Waals surface area contributed by atoms with Gasteiger partial charge in [0.2, 0.25) is 0 Å². The van der Waals surface area contributed by atoms with E-state index < -0.39 is 18.5 Å². The molecule has 152 valence electrons. The second kappa shape index (κ2) is 7.96. The molecule has 0 aliphatic heterocycles. The minimum Gasteiger partial charge on any atom is -0.452 e. The summed E-state index contributed by atoms with van der Waals surface area (Å²) in [5.41, 5.74) is 3.37. The lowest BCUT2D eigenvalue weighted by Gasteiger charge is -2.04. The highest BCUT2D eigenvalue weighted by atomic mass is 32.1. The van der Waals surface area contributed by atoms with Gasteiger partial charge < -0.3 is 9.72 Å². The number of nitrogens with one attached hydrogen (secondary N) is 2. The van der Waals surface area contributed by atoms with Crippen LogP contribution in [0.4, 0.5) is 5.13 Å². The summed E-state index contributed by atoms with van der Waals surface area (Å²) < 4.78 is 6.12. The first-order valence-corrected chi connectivity index (χ1v) is 10.2. The van der Waals surface area contributed by atoms with E-state index in [0.717, 1.165) is 15.8 Å². The molecule has 0 saturated carbocycles. The number of H-pyrrole nitrogens is 1. The van der Waals surface area contributed by atoms with Gasteiger partial charge in [0.25, 0.3) is 5.91 Å². The number of thiazole rings is 1. The zero-order chi connectivity index (χ0) is 21.2. The van der Waals surface area contributed by atoms with E-state index in [4.69, 9.17) is 4.74 Å². The van der Waals surface area contributed by atoms with Crippen molar-refractivity contribution in [3.8, 4) is 11.4 Å². The zero-order valence-electron chi connectivity index (χ0n) is 16.0. The minimum atomic E-state index is -0.598. The molecule has 0 aliphatic carbocycles. The number of imidazole rings is 1. The number of amides is 1. The molecule has 0 saturated heterocycles. The summed E-state index contributed by atoms with van der Waals surface area (Å²) in [7, 11) is 0. The Labute approximate surface area is 179 Å². The van der Waals surface area contributed by atoms with Crippen LogP contribution >= 0.6 is 11.3 Å². The zero-order valence-corrected chi connectivity index (χ0v) is 16.8.